The predicted molar refractivity (Wildman–Crippen MR) is 109 cm³/mol. The molecule has 0 bridgehead atoms. The van der Waals surface area contributed by atoms with Crippen LogP contribution in [0.3, 0.4) is 0 Å². The maximum atomic E-state index is 10.7. The van der Waals surface area contributed by atoms with Crippen LogP contribution < -0.4 is 0 Å². The standard InChI is InChI=1S/C9H21NO6S2.C7H8O3S/c1-10(6-4-8-15-17(2,11)12)7-5-9-16-18(3,13)14;1-6-2-4-7(5-3-6)11(8,9)10/h4-9H2,1-3H3;2-5H,1H3,(H,8,9,10). The van der Waals surface area contributed by atoms with E-state index in [4.69, 9.17) is 4.55 Å². The van der Waals surface area contributed by atoms with Crippen LogP contribution in [0.5, 0.6) is 0 Å². The number of benzene rings is 1. The first-order chi connectivity index (χ1) is 13.1. The van der Waals surface area contributed by atoms with Gasteiger partial charge >= 0.3 is 0 Å². The first-order valence-corrected chi connectivity index (χ1v) is 13.6. The molecule has 1 aromatic carbocycles. The van der Waals surface area contributed by atoms with Crippen LogP contribution in [0.15, 0.2) is 29.2 Å². The second-order valence-corrected chi connectivity index (χ2v) is 11.1. The van der Waals surface area contributed by atoms with Crippen LogP contribution >= 0.6 is 0 Å². The highest BCUT2D eigenvalue weighted by Crippen LogP contribution is 2.08. The molecule has 0 amide bonds. The second kappa shape index (κ2) is 12.6. The van der Waals surface area contributed by atoms with Crippen LogP contribution in [-0.4, -0.2) is 80.6 Å². The third kappa shape index (κ3) is 17.5. The van der Waals surface area contributed by atoms with Crippen LogP contribution in [0.4, 0.5) is 0 Å². The van der Waals surface area contributed by atoms with Crippen molar-refractivity contribution in [2.24, 2.45) is 0 Å². The van der Waals surface area contributed by atoms with Crippen LogP contribution in [0.25, 0.3) is 0 Å². The molecule has 0 aliphatic heterocycles. The van der Waals surface area contributed by atoms with Gasteiger partial charge in [-0.2, -0.15) is 25.3 Å². The van der Waals surface area contributed by atoms with Gasteiger partial charge in [0.25, 0.3) is 30.4 Å². The van der Waals surface area contributed by atoms with Crippen LogP contribution in [0, 0.1) is 6.92 Å². The zero-order valence-electron chi connectivity index (χ0n) is 16.9. The largest absolute Gasteiger partial charge is 0.306 e. The molecule has 0 fully saturated rings. The molecule has 0 spiro atoms. The lowest BCUT2D eigenvalue weighted by atomic mass is 10.2. The van der Waals surface area contributed by atoms with Gasteiger partial charge < -0.3 is 4.90 Å². The van der Waals surface area contributed by atoms with E-state index in [1.807, 2.05) is 18.9 Å². The van der Waals surface area contributed by atoms with E-state index in [2.05, 4.69) is 8.37 Å². The van der Waals surface area contributed by atoms with E-state index in [1.54, 1.807) is 12.1 Å². The average molecular weight is 476 g/mol. The van der Waals surface area contributed by atoms with E-state index < -0.39 is 30.4 Å². The second-order valence-electron chi connectivity index (χ2n) is 6.35. The summed E-state index contributed by atoms with van der Waals surface area (Å²) in [5.41, 5.74) is 0.956. The topological polar surface area (TPSA) is 144 Å². The highest BCUT2D eigenvalue weighted by Gasteiger charge is 2.07. The van der Waals surface area contributed by atoms with Gasteiger partial charge in [-0.1, -0.05) is 17.7 Å². The summed E-state index contributed by atoms with van der Waals surface area (Å²) in [6, 6.07) is 5.99. The fourth-order valence-electron chi connectivity index (χ4n) is 1.91. The molecular weight excluding hydrogens is 446 g/mol. The van der Waals surface area contributed by atoms with Gasteiger partial charge in [-0.15, -0.1) is 0 Å². The van der Waals surface area contributed by atoms with Crippen LogP contribution in [-0.2, 0) is 38.7 Å². The van der Waals surface area contributed by atoms with Gasteiger partial charge in [0, 0.05) is 13.1 Å². The molecule has 1 rings (SSSR count). The van der Waals surface area contributed by atoms with Crippen molar-refractivity contribution >= 4 is 30.4 Å². The Morgan fingerprint density at radius 2 is 1.21 bits per heavy atom. The average Bonchev–Trinajstić information content (AvgIpc) is 2.54. The molecule has 0 radical (unpaired) electrons. The molecule has 0 aromatic heterocycles. The van der Waals surface area contributed by atoms with Crippen molar-refractivity contribution < 1.29 is 38.2 Å². The number of hydrogen-bond donors (Lipinski definition) is 1. The van der Waals surface area contributed by atoms with E-state index in [-0.39, 0.29) is 18.1 Å². The Labute approximate surface area is 173 Å². The van der Waals surface area contributed by atoms with Crippen molar-refractivity contribution in [2.45, 2.75) is 24.7 Å². The van der Waals surface area contributed by atoms with Crippen LogP contribution in [0.1, 0.15) is 18.4 Å². The molecule has 0 atom stereocenters. The molecule has 0 heterocycles. The Kier molecular flexibility index (Phi) is 12.1. The zero-order chi connectivity index (χ0) is 22.7. The first kappa shape index (κ1) is 27.9. The summed E-state index contributed by atoms with van der Waals surface area (Å²) in [4.78, 5) is 1.89. The van der Waals surface area contributed by atoms with Gasteiger partial charge in [0.15, 0.2) is 0 Å². The van der Waals surface area contributed by atoms with E-state index in [1.165, 1.54) is 12.1 Å². The van der Waals surface area contributed by atoms with Crippen molar-refractivity contribution in [2.75, 3.05) is 45.9 Å². The summed E-state index contributed by atoms with van der Waals surface area (Å²) in [6.45, 7) is 3.50. The molecule has 13 heteroatoms. The Morgan fingerprint density at radius 1 is 0.828 bits per heavy atom. The number of rotatable bonds is 11. The Hall–Kier alpha value is -1.09. The van der Waals surface area contributed by atoms with Gasteiger partial charge in [-0.3, -0.25) is 12.9 Å². The minimum Gasteiger partial charge on any atom is -0.306 e. The Balaban J connectivity index is 0.000000604. The van der Waals surface area contributed by atoms with E-state index in [9.17, 15) is 25.3 Å². The third-order valence-electron chi connectivity index (χ3n) is 3.28. The molecule has 0 saturated heterocycles. The molecule has 0 aliphatic carbocycles. The number of hydrogen-bond acceptors (Lipinski definition) is 9. The lowest BCUT2D eigenvalue weighted by molar-refractivity contribution is 0.245. The lowest BCUT2D eigenvalue weighted by Crippen LogP contribution is -2.23. The lowest BCUT2D eigenvalue weighted by Gasteiger charge is -2.15. The third-order valence-corrected chi connectivity index (χ3v) is 5.34. The van der Waals surface area contributed by atoms with E-state index in [0.717, 1.165) is 18.1 Å². The van der Waals surface area contributed by atoms with Gasteiger partial charge in [0.05, 0.1) is 30.6 Å². The van der Waals surface area contributed by atoms with Gasteiger partial charge in [-0.05, 0) is 38.9 Å². The normalized spacial score (nSPS) is 12.5. The molecule has 170 valence electrons. The fraction of sp³-hybridized carbons (Fsp3) is 0.625. The van der Waals surface area contributed by atoms with Crippen molar-refractivity contribution in [1.82, 2.24) is 4.90 Å². The smallest absolute Gasteiger partial charge is 0.294 e. The Bertz CT molecular complexity index is 869. The maximum absolute atomic E-state index is 10.7. The van der Waals surface area contributed by atoms with Crippen molar-refractivity contribution in [3.8, 4) is 0 Å². The molecule has 1 N–H and O–H groups in total. The highest BCUT2D eigenvalue weighted by atomic mass is 32.2. The molecule has 0 unspecified atom stereocenters. The summed E-state index contributed by atoms with van der Waals surface area (Å²) < 4.78 is 81.4. The summed E-state index contributed by atoms with van der Waals surface area (Å²) in [7, 11) is -8.89. The number of aryl methyl sites for hydroxylation is 1. The molecule has 0 aliphatic rings. The summed E-state index contributed by atoms with van der Waals surface area (Å²) in [6.07, 6.45) is 3.21. The summed E-state index contributed by atoms with van der Waals surface area (Å²) in [5.74, 6) is 0. The fourth-order valence-corrected chi connectivity index (χ4v) is 3.23. The Morgan fingerprint density at radius 3 is 1.52 bits per heavy atom. The molecule has 29 heavy (non-hydrogen) atoms. The minimum atomic E-state index is -4.02. The predicted octanol–water partition coefficient (Wildman–Crippen LogP) is 0.893. The van der Waals surface area contributed by atoms with Crippen molar-refractivity contribution in [3.63, 3.8) is 0 Å². The SMILES string of the molecule is CN(CCCOS(C)(=O)=O)CCCOS(C)(=O)=O.Cc1ccc(S(=O)(=O)O)cc1. The van der Waals surface area contributed by atoms with Crippen LogP contribution in [0.2, 0.25) is 0 Å². The zero-order valence-corrected chi connectivity index (χ0v) is 19.4. The summed E-state index contributed by atoms with van der Waals surface area (Å²) >= 11 is 0. The highest BCUT2D eigenvalue weighted by molar-refractivity contribution is 7.86. The summed E-state index contributed by atoms with van der Waals surface area (Å²) in [5, 5.41) is 0. The monoisotopic (exact) mass is 475 g/mol. The molecule has 10 nitrogen and oxygen atoms in total. The van der Waals surface area contributed by atoms with Gasteiger partial charge in [-0.25, -0.2) is 0 Å². The number of nitrogens with zero attached hydrogens (tertiary/aromatic N) is 1. The molecule has 0 saturated carbocycles. The van der Waals surface area contributed by atoms with E-state index >= 15 is 0 Å². The first-order valence-electron chi connectivity index (χ1n) is 8.51. The quantitative estimate of drug-likeness (QED) is 0.278. The van der Waals surface area contributed by atoms with Crippen molar-refractivity contribution in [1.29, 1.82) is 0 Å². The van der Waals surface area contributed by atoms with Gasteiger partial charge in [0.2, 0.25) is 0 Å². The maximum Gasteiger partial charge on any atom is 0.294 e. The van der Waals surface area contributed by atoms with E-state index in [0.29, 0.717) is 25.9 Å². The minimum absolute atomic E-state index is 0.0666. The molecular formula is C16H29NO9S3. The molecule has 1 aromatic rings. The van der Waals surface area contributed by atoms with Gasteiger partial charge in [0.1, 0.15) is 0 Å². The van der Waals surface area contributed by atoms with Crippen molar-refractivity contribution in [3.05, 3.63) is 29.8 Å².